The largest absolute Gasteiger partial charge is 0.402 e. The summed E-state index contributed by atoms with van der Waals surface area (Å²) in [5.74, 6) is 0. The zero-order valence-electron chi connectivity index (χ0n) is 9.21. The Bertz CT molecular complexity index is 265. The molecule has 0 heterocycles. The third-order valence-electron chi connectivity index (χ3n) is 2.36. The van der Waals surface area contributed by atoms with E-state index in [4.69, 9.17) is 4.43 Å². The van der Waals surface area contributed by atoms with Gasteiger partial charge in [0.25, 0.3) is 8.48 Å². The van der Waals surface area contributed by atoms with Gasteiger partial charge >= 0.3 is 0 Å². The van der Waals surface area contributed by atoms with Crippen molar-refractivity contribution in [3.63, 3.8) is 0 Å². The lowest BCUT2D eigenvalue weighted by atomic mass is 10.3. The molecule has 1 rings (SSSR count). The average molecular weight is 209 g/mol. The van der Waals surface area contributed by atoms with Gasteiger partial charge in [0.2, 0.25) is 0 Å². The normalized spacial score (nSPS) is 14.8. The van der Waals surface area contributed by atoms with Crippen molar-refractivity contribution in [3.8, 4) is 0 Å². The van der Waals surface area contributed by atoms with Crippen LogP contribution in [-0.2, 0) is 4.43 Å². The van der Waals surface area contributed by atoms with Gasteiger partial charge in [-0.2, -0.15) is 0 Å². The Kier molecular flexibility index (Phi) is 4.16. The summed E-state index contributed by atoms with van der Waals surface area (Å²) in [6, 6.07) is 11.4. The minimum atomic E-state index is -1.71. The van der Waals surface area contributed by atoms with E-state index >= 15 is 0 Å². The zero-order chi connectivity index (χ0) is 10.4. The quantitative estimate of drug-likeness (QED) is 0.752. The van der Waals surface area contributed by atoms with Gasteiger partial charge in [0.05, 0.1) is 0 Å². The van der Waals surface area contributed by atoms with E-state index in [2.05, 4.69) is 30.6 Å². The molecule has 78 valence electrons. The number of benzene rings is 1. The van der Waals surface area contributed by atoms with Gasteiger partial charge < -0.3 is 9.41 Å². The highest BCUT2D eigenvalue weighted by Gasteiger charge is 2.26. The van der Waals surface area contributed by atoms with Gasteiger partial charge in [-0.1, -0.05) is 31.5 Å². The highest BCUT2D eigenvalue weighted by atomic mass is 28.4. The van der Waals surface area contributed by atoms with Crippen LogP contribution in [0.2, 0.25) is 12.6 Å². The van der Waals surface area contributed by atoms with Crippen molar-refractivity contribution in [3.05, 3.63) is 30.3 Å². The monoisotopic (exact) mass is 209 g/mol. The van der Waals surface area contributed by atoms with Crippen molar-refractivity contribution >= 4 is 14.2 Å². The molecular formula is C11H19NOSi. The molecule has 14 heavy (non-hydrogen) atoms. The lowest BCUT2D eigenvalue weighted by molar-refractivity contribution is 0.402. The summed E-state index contributed by atoms with van der Waals surface area (Å²) in [7, 11) is 0.0892. The second-order valence-corrected chi connectivity index (χ2v) is 7.30. The molecule has 0 aliphatic heterocycles. The van der Waals surface area contributed by atoms with E-state index in [0.717, 1.165) is 18.2 Å². The Labute approximate surface area is 87.5 Å². The third-order valence-corrected chi connectivity index (χ3v) is 5.53. The van der Waals surface area contributed by atoms with Crippen LogP contribution in [-0.4, -0.2) is 15.6 Å². The molecule has 0 fully saturated rings. The van der Waals surface area contributed by atoms with Crippen molar-refractivity contribution in [1.82, 2.24) is 0 Å². The highest BCUT2D eigenvalue weighted by Crippen LogP contribution is 2.17. The van der Waals surface area contributed by atoms with Crippen LogP contribution in [0.25, 0.3) is 0 Å². The summed E-state index contributed by atoms with van der Waals surface area (Å²) >= 11 is 0. The molecule has 1 N–H and O–H groups in total. The lowest BCUT2D eigenvalue weighted by Gasteiger charge is -2.26. The molecule has 0 amide bonds. The second kappa shape index (κ2) is 5.17. The highest BCUT2D eigenvalue weighted by molar-refractivity contribution is 6.75. The molecule has 2 nitrogen and oxygen atoms in total. The van der Waals surface area contributed by atoms with Crippen LogP contribution in [0.3, 0.4) is 0 Å². The van der Waals surface area contributed by atoms with Gasteiger partial charge in [0, 0.05) is 12.8 Å². The molecule has 3 heteroatoms. The molecule has 0 bridgehead atoms. The SMILES string of the molecule is CCC[Si](C)(Nc1ccccc1)OC. The molecule has 0 aromatic heterocycles. The smallest absolute Gasteiger partial charge is 0.294 e. The van der Waals surface area contributed by atoms with Crippen molar-refractivity contribution in [2.45, 2.75) is 25.9 Å². The molecule has 1 aromatic rings. The first-order valence-electron chi connectivity index (χ1n) is 5.08. The van der Waals surface area contributed by atoms with Crippen LogP contribution in [0.4, 0.5) is 5.69 Å². The van der Waals surface area contributed by atoms with Crippen molar-refractivity contribution in [2.75, 3.05) is 12.1 Å². The Morgan fingerprint density at radius 3 is 2.43 bits per heavy atom. The first-order valence-corrected chi connectivity index (χ1v) is 7.70. The van der Waals surface area contributed by atoms with Crippen LogP contribution in [0.1, 0.15) is 13.3 Å². The van der Waals surface area contributed by atoms with Crippen molar-refractivity contribution < 1.29 is 4.43 Å². The zero-order valence-corrected chi connectivity index (χ0v) is 10.2. The van der Waals surface area contributed by atoms with Crippen molar-refractivity contribution in [2.24, 2.45) is 0 Å². The molecule has 0 spiro atoms. The average Bonchev–Trinajstić information content (AvgIpc) is 2.20. The molecule has 0 radical (unpaired) electrons. The minimum absolute atomic E-state index is 1.14. The maximum atomic E-state index is 5.61. The molecule has 0 saturated heterocycles. The van der Waals surface area contributed by atoms with Gasteiger partial charge in [-0.15, -0.1) is 0 Å². The Hall–Kier alpha value is -0.803. The molecule has 1 unspecified atom stereocenters. The van der Waals surface area contributed by atoms with Crippen molar-refractivity contribution in [1.29, 1.82) is 0 Å². The first kappa shape index (κ1) is 11.3. The summed E-state index contributed by atoms with van der Waals surface area (Å²) in [5.41, 5.74) is 1.16. The molecule has 0 aliphatic rings. The van der Waals surface area contributed by atoms with E-state index in [1.165, 1.54) is 0 Å². The van der Waals surface area contributed by atoms with Gasteiger partial charge in [-0.05, 0) is 24.7 Å². The fourth-order valence-corrected chi connectivity index (χ4v) is 3.68. The molecular weight excluding hydrogens is 190 g/mol. The molecule has 0 saturated carbocycles. The number of nitrogens with one attached hydrogen (secondary N) is 1. The number of anilines is 1. The van der Waals surface area contributed by atoms with E-state index in [1.54, 1.807) is 7.11 Å². The summed E-state index contributed by atoms with van der Waals surface area (Å²) < 4.78 is 5.61. The summed E-state index contributed by atoms with van der Waals surface area (Å²) in [4.78, 5) is 3.52. The fourth-order valence-electron chi connectivity index (χ4n) is 1.52. The van der Waals surface area contributed by atoms with E-state index < -0.39 is 8.48 Å². The third kappa shape index (κ3) is 3.16. The van der Waals surface area contributed by atoms with Crippen LogP contribution < -0.4 is 4.98 Å². The van der Waals surface area contributed by atoms with E-state index in [0.29, 0.717) is 0 Å². The topological polar surface area (TPSA) is 21.3 Å². The van der Waals surface area contributed by atoms with Crippen LogP contribution in [0, 0.1) is 0 Å². The molecule has 0 aliphatic carbocycles. The van der Waals surface area contributed by atoms with Crippen LogP contribution in [0.5, 0.6) is 0 Å². The van der Waals surface area contributed by atoms with Crippen LogP contribution >= 0.6 is 0 Å². The van der Waals surface area contributed by atoms with E-state index in [1.807, 2.05) is 18.2 Å². The molecule has 1 aromatic carbocycles. The number of para-hydroxylation sites is 1. The summed E-state index contributed by atoms with van der Waals surface area (Å²) in [6.07, 6.45) is 1.16. The second-order valence-electron chi connectivity index (χ2n) is 3.68. The number of hydrogen-bond acceptors (Lipinski definition) is 2. The minimum Gasteiger partial charge on any atom is -0.402 e. The van der Waals surface area contributed by atoms with Gasteiger partial charge in [-0.25, -0.2) is 0 Å². The predicted molar refractivity (Wildman–Crippen MR) is 63.8 cm³/mol. The van der Waals surface area contributed by atoms with Crippen LogP contribution in [0.15, 0.2) is 30.3 Å². The van der Waals surface area contributed by atoms with Gasteiger partial charge in [-0.3, -0.25) is 0 Å². The van der Waals surface area contributed by atoms with E-state index in [-0.39, 0.29) is 0 Å². The Morgan fingerprint density at radius 2 is 1.93 bits per heavy atom. The fraction of sp³-hybridized carbons (Fsp3) is 0.455. The van der Waals surface area contributed by atoms with Gasteiger partial charge in [0.15, 0.2) is 0 Å². The Morgan fingerprint density at radius 1 is 1.29 bits per heavy atom. The first-order chi connectivity index (χ1) is 6.70. The number of hydrogen-bond donors (Lipinski definition) is 1. The summed E-state index contributed by atoms with van der Waals surface area (Å²) in [5, 5.41) is 0. The summed E-state index contributed by atoms with van der Waals surface area (Å²) in [6.45, 7) is 4.40. The Balaban J connectivity index is 2.65. The predicted octanol–water partition coefficient (Wildman–Crippen LogP) is 3.23. The number of rotatable bonds is 5. The maximum Gasteiger partial charge on any atom is 0.294 e. The van der Waals surface area contributed by atoms with Gasteiger partial charge in [0.1, 0.15) is 0 Å². The maximum absolute atomic E-state index is 5.61. The lowest BCUT2D eigenvalue weighted by Crippen LogP contribution is -2.42. The van der Waals surface area contributed by atoms with E-state index in [9.17, 15) is 0 Å². The standard InChI is InChI=1S/C11H19NOSi/c1-4-10-14(3,13-2)12-11-8-6-5-7-9-11/h5-9,12H,4,10H2,1-3H3. The molecule has 1 atom stereocenters.